The van der Waals surface area contributed by atoms with Crippen LogP contribution in [-0.2, 0) is 6.61 Å². The molecule has 4 rings (SSSR count). The van der Waals surface area contributed by atoms with Crippen molar-refractivity contribution in [2.45, 2.75) is 13.5 Å². The second-order valence-electron chi connectivity index (χ2n) is 6.12. The lowest BCUT2D eigenvalue weighted by Crippen LogP contribution is -1.98. The number of halogens is 2. The molecule has 0 atom stereocenters. The molecule has 0 unspecified atom stereocenters. The molecule has 1 N–H and O–H groups in total. The molecule has 0 aliphatic rings. The highest BCUT2D eigenvalue weighted by Gasteiger charge is 2.10. The maximum Gasteiger partial charge on any atom is 0.142 e. The van der Waals surface area contributed by atoms with Gasteiger partial charge < -0.3 is 10.1 Å². The van der Waals surface area contributed by atoms with Gasteiger partial charge in [-0.25, -0.2) is 14.4 Å². The Morgan fingerprint density at radius 3 is 2.86 bits per heavy atom. The fourth-order valence-corrected chi connectivity index (χ4v) is 3.90. The van der Waals surface area contributed by atoms with Gasteiger partial charge in [-0.2, -0.15) is 0 Å². The summed E-state index contributed by atoms with van der Waals surface area (Å²) < 4.78 is 19.0. The first-order valence-electron chi connectivity index (χ1n) is 8.73. The van der Waals surface area contributed by atoms with Gasteiger partial charge in [-0.3, -0.25) is 0 Å². The van der Waals surface area contributed by atoms with Crippen LogP contribution >= 0.6 is 22.9 Å². The normalized spacial score (nSPS) is 10.4. The third kappa shape index (κ3) is 4.48. The average molecular weight is 424 g/mol. The van der Waals surface area contributed by atoms with Crippen molar-refractivity contribution >= 4 is 44.7 Å². The van der Waals surface area contributed by atoms with Gasteiger partial charge in [0.15, 0.2) is 0 Å². The number of aromatic nitrogens is 2. The minimum atomic E-state index is -0.297. The zero-order valence-electron chi connectivity index (χ0n) is 15.4. The van der Waals surface area contributed by atoms with Gasteiger partial charge in [-0.1, -0.05) is 29.7 Å². The number of benzene rings is 2. The molecule has 0 aliphatic heterocycles. The predicted molar refractivity (Wildman–Crippen MR) is 115 cm³/mol. The Morgan fingerprint density at radius 2 is 2.07 bits per heavy atom. The van der Waals surface area contributed by atoms with Crippen molar-refractivity contribution in [2.75, 3.05) is 5.32 Å². The Morgan fingerprint density at radius 1 is 1.17 bits per heavy atom. The Labute approximate surface area is 176 Å². The van der Waals surface area contributed by atoms with Gasteiger partial charge in [0.05, 0.1) is 15.3 Å². The molecule has 0 saturated carbocycles. The van der Waals surface area contributed by atoms with E-state index in [1.807, 2.05) is 12.1 Å². The number of anilines is 2. The average Bonchev–Trinajstić information content (AvgIpc) is 3.11. The van der Waals surface area contributed by atoms with Gasteiger partial charge in [0, 0.05) is 5.69 Å². The number of nitrogens with one attached hydrogen (secondary N) is 1. The van der Waals surface area contributed by atoms with Gasteiger partial charge in [0.25, 0.3) is 0 Å². The van der Waals surface area contributed by atoms with Crippen LogP contribution in [0.15, 0.2) is 54.9 Å². The first kappa shape index (κ1) is 19.2. The van der Waals surface area contributed by atoms with Crippen molar-refractivity contribution in [3.8, 4) is 17.6 Å². The lowest BCUT2D eigenvalue weighted by atomic mass is 10.2. The van der Waals surface area contributed by atoms with Crippen LogP contribution < -0.4 is 10.1 Å². The summed E-state index contributed by atoms with van der Waals surface area (Å²) in [5.74, 6) is 6.84. The Bertz CT molecular complexity index is 1250. The number of fused-ring (bicyclic) bond motifs is 1. The molecule has 2 heterocycles. The first-order valence-corrected chi connectivity index (χ1v) is 9.93. The Balaban J connectivity index is 1.52. The number of ether oxygens (including phenoxy) is 1. The highest BCUT2D eigenvalue weighted by atomic mass is 35.5. The smallest absolute Gasteiger partial charge is 0.142 e. The van der Waals surface area contributed by atoms with E-state index < -0.39 is 0 Å². The minimum absolute atomic E-state index is 0.229. The van der Waals surface area contributed by atoms with Crippen LogP contribution in [0.5, 0.6) is 5.75 Å². The second-order valence-corrected chi connectivity index (χ2v) is 7.55. The molecule has 0 amide bonds. The molecule has 0 fully saturated rings. The summed E-state index contributed by atoms with van der Waals surface area (Å²) in [7, 11) is 0. The molecule has 0 radical (unpaired) electrons. The van der Waals surface area contributed by atoms with Gasteiger partial charge in [-0.15, -0.1) is 17.3 Å². The van der Waals surface area contributed by atoms with Crippen molar-refractivity contribution in [1.82, 2.24) is 9.97 Å². The van der Waals surface area contributed by atoms with E-state index in [4.69, 9.17) is 16.3 Å². The first-order chi connectivity index (χ1) is 14.1. The summed E-state index contributed by atoms with van der Waals surface area (Å²) in [5.41, 5.74) is 1.50. The van der Waals surface area contributed by atoms with Crippen molar-refractivity contribution in [3.05, 3.63) is 76.1 Å². The predicted octanol–water partition coefficient (Wildman–Crippen LogP) is 6.18. The van der Waals surface area contributed by atoms with E-state index in [0.29, 0.717) is 16.6 Å². The monoisotopic (exact) mass is 423 g/mol. The molecule has 29 heavy (non-hydrogen) atoms. The van der Waals surface area contributed by atoms with Crippen LogP contribution in [0.4, 0.5) is 15.9 Å². The highest BCUT2D eigenvalue weighted by molar-refractivity contribution is 7.19. The fraction of sp³-hybridized carbons (Fsp3) is 0.0909. The van der Waals surface area contributed by atoms with Crippen LogP contribution in [0.3, 0.4) is 0 Å². The summed E-state index contributed by atoms with van der Waals surface area (Å²) >= 11 is 7.89. The number of rotatable bonds is 5. The summed E-state index contributed by atoms with van der Waals surface area (Å²) in [6, 6.07) is 13.6. The molecular weight excluding hydrogens is 409 g/mol. The molecule has 0 aliphatic carbocycles. The lowest BCUT2D eigenvalue weighted by molar-refractivity contribution is 0.306. The summed E-state index contributed by atoms with van der Waals surface area (Å²) in [4.78, 5) is 10.4. The molecule has 144 valence electrons. The maximum atomic E-state index is 13.3. The topological polar surface area (TPSA) is 47.0 Å². The van der Waals surface area contributed by atoms with Crippen LogP contribution in [0.25, 0.3) is 10.2 Å². The van der Waals surface area contributed by atoms with Crippen molar-refractivity contribution in [3.63, 3.8) is 0 Å². The highest BCUT2D eigenvalue weighted by Crippen LogP contribution is 2.32. The maximum absolute atomic E-state index is 13.3. The third-order valence-electron chi connectivity index (χ3n) is 4.06. The molecule has 7 heteroatoms. The van der Waals surface area contributed by atoms with E-state index in [1.54, 1.807) is 31.2 Å². The Hall–Kier alpha value is -3.14. The molecular formula is C22H15ClFN3OS. The van der Waals surface area contributed by atoms with Crippen molar-refractivity contribution in [1.29, 1.82) is 0 Å². The third-order valence-corrected chi connectivity index (χ3v) is 5.31. The second kappa shape index (κ2) is 8.48. The van der Waals surface area contributed by atoms with Crippen LogP contribution in [-0.4, -0.2) is 9.97 Å². The van der Waals surface area contributed by atoms with Crippen LogP contribution in [0, 0.1) is 17.7 Å². The molecule has 2 aromatic heterocycles. The standard InChI is InChI=1S/C22H15ClFN3OS/c1-2-4-17-11-18-21(25-13-26-22(18)29-17)27-16-7-8-20(19(23)10-16)28-12-14-5-3-6-15(24)9-14/h3,5-11,13H,12H2,1H3,(H,25,26,27). The summed E-state index contributed by atoms with van der Waals surface area (Å²) in [5, 5.41) is 4.61. The molecule has 4 aromatic rings. The van der Waals surface area contributed by atoms with Gasteiger partial charge in [-0.05, 0) is 48.9 Å². The van der Waals surface area contributed by atoms with Gasteiger partial charge in [0.1, 0.15) is 35.1 Å². The summed E-state index contributed by atoms with van der Waals surface area (Å²) in [6.07, 6.45) is 1.52. The van der Waals surface area contributed by atoms with E-state index in [9.17, 15) is 4.39 Å². The number of thiophene rings is 1. The van der Waals surface area contributed by atoms with E-state index in [1.165, 1.54) is 29.8 Å². The van der Waals surface area contributed by atoms with Crippen molar-refractivity contribution < 1.29 is 9.13 Å². The summed E-state index contributed by atoms with van der Waals surface area (Å²) in [6.45, 7) is 2.03. The molecule has 4 nitrogen and oxygen atoms in total. The van der Waals surface area contributed by atoms with E-state index in [-0.39, 0.29) is 12.4 Å². The zero-order chi connectivity index (χ0) is 20.2. The SMILES string of the molecule is CC#Cc1cc2c(Nc3ccc(OCc4cccc(F)c4)c(Cl)c3)ncnc2s1. The fourth-order valence-electron chi connectivity index (χ4n) is 2.76. The van der Waals surface area contributed by atoms with Crippen molar-refractivity contribution in [2.24, 2.45) is 0 Å². The van der Waals surface area contributed by atoms with E-state index in [2.05, 4.69) is 27.1 Å². The molecule has 0 saturated heterocycles. The minimum Gasteiger partial charge on any atom is -0.487 e. The Kier molecular flexibility index (Phi) is 5.61. The quantitative estimate of drug-likeness (QED) is 0.389. The number of hydrogen-bond donors (Lipinski definition) is 1. The van der Waals surface area contributed by atoms with Crippen LogP contribution in [0.1, 0.15) is 17.4 Å². The van der Waals surface area contributed by atoms with Gasteiger partial charge >= 0.3 is 0 Å². The van der Waals surface area contributed by atoms with E-state index in [0.717, 1.165) is 26.3 Å². The molecule has 0 spiro atoms. The van der Waals surface area contributed by atoms with E-state index >= 15 is 0 Å². The largest absolute Gasteiger partial charge is 0.487 e. The molecule has 0 bridgehead atoms. The van der Waals surface area contributed by atoms with Gasteiger partial charge in [0.2, 0.25) is 0 Å². The number of nitrogens with zero attached hydrogens (tertiary/aromatic N) is 2. The zero-order valence-corrected chi connectivity index (χ0v) is 16.9. The number of hydrogen-bond acceptors (Lipinski definition) is 5. The van der Waals surface area contributed by atoms with Crippen LogP contribution in [0.2, 0.25) is 5.02 Å². The lowest BCUT2D eigenvalue weighted by Gasteiger charge is -2.11. The molecule has 2 aromatic carbocycles.